The maximum Gasteiger partial charge on any atom is 0.323 e. The summed E-state index contributed by atoms with van der Waals surface area (Å²) in [6.45, 7) is 0. The predicted octanol–water partition coefficient (Wildman–Crippen LogP) is 5.83. The summed E-state index contributed by atoms with van der Waals surface area (Å²) < 4.78 is 5.32. The molecule has 0 saturated carbocycles. The number of methoxy groups -OCH3 is 1. The molecule has 0 bridgehead atoms. The molecule has 0 aliphatic heterocycles. The summed E-state index contributed by atoms with van der Waals surface area (Å²) in [5, 5.41) is 4.89. The molecule has 5 aromatic rings. The van der Waals surface area contributed by atoms with Crippen molar-refractivity contribution in [2.75, 3.05) is 7.11 Å². The molecule has 4 aromatic carbocycles. The van der Waals surface area contributed by atoms with Gasteiger partial charge in [0.15, 0.2) is 0 Å². The number of rotatable bonds is 8. The van der Waals surface area contributed by atoms with E-state index in [2.05, 4.69) is 52.8 Å². The second-order valence-corrected chi connectivity index (χ2v) is 8.63. The number of hydrogen-bond donors (Lipinski definition) is 2. The average Bonchev–Trinajstić information content (AvgIpc) is 3.35. The lowest BCUT2D eigenvalue weighted by atomic mass is 9.76. The van der Waals surface area contributed by atoms with Crippen LogP contribution in [0.1, 0.15) is 22.3 Å². The summed E-state index contributed by atoms with van der Waals surface area (Å²) in [5.74, 6) is -0.303. The molecule has 0 aliphatic carbocycles. The van der Waals surface area contributed by atoms with Gasteiger partial charge < -0.3 is 9.72 Å². The summed E-state index contributed by atoms with van der Waals surface area (Å²) >= 11 is 0. The third kappa shape index (κ3) is 4.36. The van der Waals surface area contributed by atoms with E-state index in [4.69, 9.17) is 4.74 Å². The number of carbonyl (C=O) groups excluding carboxylic acids is 1. The zero-order valence-electron chi connectivity index (χ0n) is 19.6. The molecule has 1 atom stereocenters. The van der Waals surface area contributed by atoms with Gasteiger partial charge in [-0.3, -0.25) is 10.1 Å². The van der Waals surface area contributed by atoms with Crippen molar-refractivity contribution in [2.24, 2.45) is 0 Å². The average molecular weight is 461 g/mol. The van der Waals surface area contributed by atoms with Crippen LogP contribution in [0.25, 0.3) is 10.9 Å². The first kappa shape index (κ1) is 22.6. The Hall–Kier alpha value is -4.15. The van der Waals surface area contributed by atoms with E-state index in [0.717, 1.165) is 33.2 Å². The third-order valence-corrected chi connectivity index (χ3v) is 6.60. The van der Waals surface area contributed by atoms with Gasteiger partial charge in [0.05, 0.1) is 12.6 Å². The maximum absolute atomic E-state index is 13.3. The van der Waals surface area contributed by atoms with Gasteiger partial charge in [-0.2, -0.15) is 0 Å². The van der Waals surface area contributed by atoms with Crippen molar-refractivity contribution in [1.29, 1.82) is 0 Å². The molecule has 0 unspecified atom stereocenters. The van der Waals surface area contributed by atoms with Gasteiger partial charge in [-0.1, -0.05) is 109 Å². The number of aromatic nitrogens is 1. The minimum Gasteiger partial charge on any atom is -0.468 e. The lowest BCUT2D eigenvalue weighted by Crippen LogP contribution is -2.53. The lowest BCUT2D eigenvalue weighted by molar-refractivity contribution is -0.143. The van der Waals surface area contributed by atoms with Crippen LogP contribution < -0.4 is 5.32 Å². The Labute approximate surface area is 205 Å². The highest BCUT2D eigenvalue weighted by Crippen LogP contribution is 2.37. The van der Waals surface area contributed by atoms with E-state index in [1.54, 1.807) is 0 Å². The number of benzene rings is 4. The first-order chi connectivity index (χ1) is 17.2. The number of H-pyrrole nitrogens is 1. The molecule has 1 heterocycles. The Morgan fingerprint density at radius 1 is 0.771 bits per heavy atom. The number of fused-ring (bicyclic) bond motifs is 1. The molecule has 0 saturated heterocycles. The van der Waals surface area contributed by atoms with Crippen LogP contribution in [0.2, 0.25) is 0 Å². The molecule has 0 amide bonds. The van der Waals surface area contributed by atoms with Crippen LogP contribution in [0.5, 0.6) is 0 Å². The normalized spacial score (nSPS) is 12.4. The molecular formula is C31H28N2O2. The van der Waals surface area contributed by atoms with E-state index in [9.17, 15) is 4.79 Å². The Morgan fingerprint density at radius 3 is 1.77 bits per heavy atom. The molecule has 2 N–H and O–H groups in total. The fraction of sp³-hybridized carbons (Fsp3) is 0.129. The van der Waals surface area contributed by atoms with Crippen LogP contribution in [-0.2, 0) is 21.5 Å². The number of ether oxygens (including phenoxy) is 1. The second-order valence-electron chi connectivity index (χ2n) is 8.63. The summed E-state index contributed by atoms with van der Waals surface area (Å²) in [4.78, 5) is 16.6. The van der Waals surface area contributed by atoms with Crippen molar-refractivity contribution in [3.8, 4) is 0 Å². The molecule has 0 aliphatic rings. The van der Waals surface area contributed by atoms with E-state index >= 15 is 0 Å². The van der Waals surface area contributed by atoms with E-state index in [1.165, 1.54) is 7.11 Å². The summed E-state index contributed by atoms with van der Waals surface area (Å²) in [7, 11) is 1.45. The van der Waals surface area contributed by atoms with Gasteiger partial charge in [-0.05, 0) is 28.3 Å². The highest BCUT2D eigenvalue weighted by molar-refractivity contribution is 5.84. The lowest BCUT2D eigenvalue weighted by Gasteiger charge is -2.39. The molecule has 4 nitrogen and oxygen atoms in total. The van der Waals surface area contributed by atoms with Crippen LogP contribution in [0.4, 0.5) is 0 Å². The highest BCUT2D eigenvalue weighted by atomic mass is 16.5. The first-order valence-electron chi connectivity index (χ1n) is 11.8. The van der Waals surface area contributed by atoms with Gasteiger partial charge in [0.2, 0.25) is 0 Å². The number of esters is 1. The topological polar surface area (TPSA) is 54.1 Å². The third-order valence-electron chi connectivity index (χ3n) is 6.60. The molecule has 174 valence electrons. The molecule has 1 aromatic heterocycles. The fourth-order valence-electron chi connectivity index (χ4n) is 4.93. The van der Waals surface area contributed by atoms with Crippen molar-refractivity contribution in [3.05, 3.63) is 144 Å². The Morgan fingerprint density at radius 2 is 1.26 bits per heavy atom. The van der Waals surface area contributed by atoms with E-state index in [0.29, 0.717) is 6.42 Å². The first-order valence-corrected chi connectivity index (χ1v) is 11.8. The highest BCUT2D eigenvalue weighted by Gasteiger charge is 2.40. The molecular weight excluding hydrogens is 432 g/mol. The van der Waals surface area contributed by atoms with Gasteiger partial charge >= 0.3 is 5.97 Å². The van der Waals surface area contributed by atoms with Gasteiger partial charge in [-0.15, -0.1) is 0 Å². The van der Waals surface area contributed by atoms with Crippen LogP contribution >= 0.6 is 0 Å². The monoisotopic (exact) mass is 460 g/mol. The smallest absolute Gasteiger partial charge is 0.323 e. The minimum atomic E-state index is -0.769. The van der Waals surface area contributed by atoms with Crippen LogP contribution in [0, 0.1) is 0 Å². The number of nitrogens with one attached hydrogen (secondary N) is 2. The summed E-state index contributed by atoms with van der Waals surface area (Å²) in [5.41, 5.74) is 4.48. The van der Waals surface area contributed by atoms with Gasteiger partial charge in [-0.25, -0.2) is 0 Å². The quantitative estimate of drug-likeness (QED) is 0.226. The van der Waals surface area contributed by atoms with E-state index in [1.807, 2.05) is 79.0 Å². The van der Waals surface area contributed by atoms with Gasteiger partial charge in [0.1, 0.15) is 6.04 Å². The molecule has 0 fully saturated rings. The second kappa shape index (κ2) is 10.00. The summed E-state index contributed by atoms with van der Waals surface area (Å²) in [6.07, 6.45) is 2.46. The number of carbonyl (C=O) groups is 1. The van der Waals surface area contributed by atoms with Crippen LogP contribution in [-0.4, -0.2) is 24.1 Å². The van der Waals surface area contributed by atoms with E-state index < -0.39 is 11.6 Å². The predicted molar refractivity (Wildman–Crippen MR) is 140 cm³/mol. The van der Waals surface area contributed by atoms with E-state index in [-0.39, 0.29) is 5.97 Å². The molecule has 0 spiro atoms. The van der Waals surface area contributed by atoms with Crippen molar-refractivity contribution < 1.29 is 9.53 Å². The van der Waals surface area contributed by atoms with Gasteiger partial charge in [0.25, 0.3) is 0 Å². The Balaban J connectivity index is 1.68. The molecule has 0 radical (unpaired) electrons. The number of aromatic amines is 1. The Kier molecular flexibility index (Phi) is 6.47. The molecule has 4 heteroatoms. The standard InChI is InChI=1S/C31H28N2O2/c1-35-30(34)29(21-23-22-32-28-20-12-11-19-27(23)28)33-31(24-13-5-2-6-14-24,25-15-7-3-8-16-25)26-17-9-4-10-18-26/h2-20,22,29,32-33H,21H2,1H3/t29-/m0/s1. The number of para-hydroxylation sites is 1. The maximum atomic E-state index is 13.3. The van der Waals surface area contributed by atoms with Crippen molar-refractivity contribution in [3.63, 3.8) is 0 Å². The van der Waals surface area contributed by atoms with Crippen LogP contribution in [0.3, 0.4) is 0 Å². The van der Waals surface area contributed by atoms with Gasteiger partial charge in [0, 0.05) is 23.5 Å². The van der Waals surface area contributed by atoms with Crippen molar-refractivity contribution in [2.45, 2.75) is 18.0 Å². The molecule has 5 rings (SSSR count). The van der Waals surface area contributed by atoms with Crippen molar-refractivity contribution in [1.82, 2.24) is 10.3 Å². The van der Waals surface area contributed by atoms with Crippen LogP contribution in [0.15, 0.2) is 121 Å². The fourth-order valence-corrected chi connectivity index (χ4v) is 4.93. The number of hydrogen-bond acceptors (Lipinski definition) is 3. The zero-order valence-corrected chi connectivity index (χ0v) is 19.6. The zero-order chi connectivity index (χ0) is 24.1. The minimum absolute atomic E-state index is 0.303. The van der Waals surface area contributed by atoms with Crippen molar-refractivity contribution >= 4 is 16.9 Å². The SMILES string of the molecule is COC(=O)[C@H](Cc1c[nH]c2ccccc12)NC(c1ccccc1)(c1ccccc1)c1ccccc1. The molecule has 35 heavy (non-hydrogen) atoms. The Bertz CT molecular complexity index is 1300. The largest absolute Gasteiger partial charge is 0.468 e. The summed E-state index contributed by atoms with van der Waals surface area (Å²) in [6, 6.07) is 38.4.